The first-order chi connectivity index (χ1) is 6.74. The maximum Gasteiger partial charge on any atom is 0.356 e. The van der Waals surface area contributed by atoms with Crippen molar-refractivity contribution in [3.8, 4) is 0 Å². The number of methoxy groups -OCH3 is 1. The zero-order valence-corrected chi connectivity index (χ0v) is 8.98. The SMILES string of the molecule is COC(=O)c1cnc2cccc(Br)n12. The molecular formula is C9H7BrN2O2. The minimum Gasteiger partial charge on any atom is -0.464 e. The molecule has 0 saturated carbocycles. The molecule has 0 aliphatic rings. The molecule has 2 rings (SSSR count). The summed E-state index contributed by atoms with van der Waals surface area (Å²) in [6, 6.07) is 5.51. The van der Waals surface area contributed by atoms with Gasteiger partial charge in [-0.15, -0.1) is 0 Å². The van der Waals surface area contributed by atoms with Crippen LogP contribution in [0.5, 0.6) is 0 Å². The van der Waals surface area contributed by atoms with Crippen molar-refractivity contribution < 1.29 is 9.53 Å². The van der Waals surface area contributed by atoms with Crippen LogP contribution in [0, 0.1) is 0 Å². The standard InChI is InChI=1S/C9H7BrN2O2/c1-14-9(13)6-5-11-8-4-2-3-7(10)12(6)8/h2-5H,1H3. The van der Waals surface area contributed by atoms with Crippen LogP contribution in [-0.4, -0.2) is 22.5 Å². The quantitative estimate of drug-likeness (QED) is 0.577. The lowest BCUT2D eigenvalue weighted by Gasteiger charge is -2.01. The van der Waals surface area contributed by atoms with Crippen molar-refractivity contribution in [1.29, 1.82) is 0 Å². The molecule has 14 heavy (non-hydrogen) atoms. The monoisotopic (exact) mass is 254 g/mol. The summed E-state index contributed by atoms with van der Waals surface area (Å²) in [5.41, 5.74) is 1.12. The molecule has 0 bridgehead atoms. The molecule has 0 aliphatic heterocycles. The van der Waals surface area contributed by atoms with Gasteiger partial charge in [0.15, 0.2) is 5.69 Å². The second-order valence-electron chi connectivity index (χ2n) is 2.68. The normalized spacial score (nSPS) is 10.4. The Morgan fingerprint density at radius 3 is 3.07 bits per heavy atom. The van der Waals surface area contributed by atoms with Crippen LogP contribution in [-0.2, 0) is 4.74 Å². The summed E-state index contributed by atoms with van der Waals surface area (Å²) in [4.78, 5) is 15.4. The second kappa shape index (κ2) is 3.42. The molecule has 2 aromatic rings. The largest absolute Gasteiger partial charge is 0.464 e. The van der Waals surface area contributed by atoms with E-state index in [0.29, 0.717) is 11.3 Å². The third-order valence-electron chi connectivity index (χ3n) is 1.88. The predicted molar refractivity (Wildman–Crippen MR) is 54.2 cm³/mol. The Balaban J connectivity index is 2.73. The Labute approximate surface area is 88.6 Å². The third-order valence-corrected chi connectivity index (χ3v) is 2.50. The Morgan fingerprint density at radius 2 is 2.36 bits per heavy atom. The maximum atomic E-state index is 11.3. The third kappa shape index (κ3) is 1.29. The van der Waals surface area contributed by atoms with Crippen molar-refractivity contribution in [2.24, 2.45) is 0 Å². The van der Waals surface area contributed by atoms with E-state index in [-0.39, 0.29) is 0 Å². The first-order valence-electron chi connectivity index (χ1n) is 3.94. The van der Waals surface area contributed by atoms with Crippen molar-refractivity contribution in [2.75, 3.05) is 7.11 Å². The number of hydrogen-bond donors (Lipinski definition) is 0. The van der Waals surface area contributed by atoms with Gasteiger partial charge in [0.25, 0.3) is 0 Å². The van der Waals surface area contributed by atoms with E-state index in [0.717, 1.165) is 4.60 Å². The van der Waals surface area contributed by atoms with Gasteiger partial charge in [-0.25, -0.2) is 9.78 Å². The molecule has 0 N–H and O–H groups in total. The first-order valence-corrected chi connectivity index (χ1v) is 4.73. The highest BCUT2D eigenvalue weighted by molar-refractivity contribution is 9.10. The number of esters is 1. The zero-order valence-electron chi connectivity index (χ0n) is 7.40. The molecular weight excluding hydrogens is 248 g/mol. The van der Waals surface area contributed by atoms with Crippen LogP contribution in [0.1, 0.15) is 10.5 Å². The number of pyridine rings is 1. The summed E-state index contributed by atoms with van der Waals surface area (Å²) < 4.78 is 7.09. The lowest BCUT2D eigenvalue weighted by Crippen LogP contribution is -2.05. The lowest BCUT2D eigenvalue weighted by molar-refractivity contribution is 0.0592. The van der Waals surface area contributed by atoms with E-state index >= 15 is 0 Å². The van der Waals surface area contributed by atoms with Crippen molar-refractivity contribution in [1.82, 2.24) is 9.38 Å². The topological polar surface area (TPSA) is 43.6 Å². The van der Waals surface area contributed by atoms with E-state index in [1.165, 1.54) is 13.3 Å². The number of rotatable bonds is 1. The predicted octanol–water partition coefficient (Wildman–Crippen LogP) is 1.88. The van der Waals surface area contributed by atoms with Crippen molar-refractivity contribution >= 4 is 27.5 Å². The Hall–Kier alpha value is -1.36. The van der Waals surface area contributed by atoms with E-state index in [1.54, 1.807) is 4.40 Å². The van der Waals surface area contributed by atoms with Gasteiger partial charge >= 0.3 is 5.97 Å². The molecule has 0 amide bonds. The summed E-state index contributed by atoms with van der Waals surface area (Å²) in [6.45, 7) is 0. The average molecular weight is 255 g/mol. The van der Waals surface area contributed by atoms with Crippen molar-refractivity contribution in [3.05, 3.63) is 34.7 Å². The van der Waals surface area contributed by atoms with Gasteiger partial charge in [-0.1, -0.05) is 6.07 Å². The number of imidazole rings is 1. The fourth-order valence-electron chi connectivity index (χ4n) is 1.24. The molecule has 0 aromatic carbocycles. The smallest absolute Gasteiger partial charge is 0.356 e. The molecule has 0 aliphatic carbocycles. The fourth-order valence-corrected chi connectivity index (χ4v) is 1.77. The lowest BCUT2D eigenvalue weighted by atomic mass is 10.4. The summed E-state index contributed by atoms with van der Waals surface area (Å²) in [5.74, 6) is -0.399. The minimum absolute atomic E-state index is 0.399. The summed E-state index contributed by atoms with van der Waals surface area (Å²) in [6.07, 6.45) is 1.49. The summed E-state index contributed by atoms with van der Waals surface area (Å²) >= 11 is 3.34. The number of carbonyl (C=O) groups excluding carboxylic acids is 1. The number of halogens is 1. The molecule has 0 spiro atoms. The van der Waals surface area contributed by atoms with E-state index < -0.39 is 5.97 Å². The number of aromatic nitrogens is 2. The van der Waals surface area contributed by atoms with E-state index in [2.05, 4.69) is 25.7 Å². The zero-order chi connectivity index (χ0) is 10.1. The highest BCUT2D eigenvalue weighted by atomic mass is 79.9. The van der Waals surface area contributed by atoms with E-state index in [4.69, 9.17) is 0 Å². The van der Waals surface area contributed by atoms with Gasteiger partial charge in [-0.05, 0) is 28.1 Å². The van der Waals surface area contributed by atoms with E-state index in [1.807, 2.05) is 18.2 Å². The van der Waals surface area contributed by atoms with Gasteiger partial charge in [-0.3, -0.25) is 4.40 Å². The molecule has 5 heteroatoms. The highest BCUT2D eigenvalue weighted by Gasteiger charge is 2.13. The number of nitrogens with zero attached hydrogens (tertiary/aromatic N) is 2. The summed E-state index contributed by atoms with van der Waals surface area (Å²) in [7, 11) is 1.35. The molecule has 0 saturated heterocycles. The van der Waals surface area contributed by atoms with Gasteiger partial charge in [0.1, 0.15) is 5.65 Å². The van der Waals surface area contributed by atoms with Crippen molar-refractivity contribution in [2.45, 2.75) is 0 Å². The average Bonchev–Trinajstić information content (AvgIpc) is 2.62. The van der Waals surface area contributed by atoms with E-state index in [9.17, 15) is 4.79 Å². The van der Waals surface area contributed by atoms with Gasteiger partial charge in [-0.2, -0.15) is 0 Å². The van der Waals surface area contributed by atoms with Crippen LogP contribution in [0.3, 0.4) is 0 Å². The number of hydrogen-bond acceptors (Lipinski definition) is 3. The highest BCUT2D eigenvalue weighted by Crippen LogP contribution is 2.16. The number of carbonyl (C=O) groups is 1. The van der Waals surface area contributed by atoms with Crippen LogP contribution in [0.15, 0.2) is 29.0 Å². The fraction of sp³-hybridized carbons (Fsp3) is 0.111. The van der Waals surface area contributed by atoms with Crippen LogP contribution in [0.2, 0.25) is 0 Å². The van der Waals surface area contributed by atoms with Crippen LogP contribution in [0.4, 0.5) is 0 Å². The molecule has 0 atom stereocenters. The first kappa shape index (κ1) is 9.21. The van der Waals surface area contributed by atoms with Gasteiger partial charge in [0.05, 0.1) is 17.9 Å². The van der Waals surface area contributed by atoms with Crippen LogP contribution in [0.25, 0.3) is 5.65 Å². The van der Waals surface area contributed by atoms with Crippen LogP contribution < -0.4 is 0 Å². The molecule has 0 unspecified atom stereocenters. The number of fused-ring (bicyclic) bond motifs is 1. The molecule has 72 valence electrons. The molecule has 0 radical (unpaired) electrons. The second-order valence-corrected chi connectivity index (χ2v) is 3.49. The molecule has 0 fully saturated rings. The van der Waals surface area contributed by atoms with Gasteiger partial charge in [0, 0.05) is 0 Å². The molecule has 2 heterocycles. The Morgan fingerprint density at radius 1 is 1.57 bits per heavy atom. The Kier molecular flexibility index (Phi) is 2.25. The Bertz CT molecular complexity index is 493. The van der Waals surface area contributed by atoms with Gasteiger partial charge < -0.3 is 4.74 Å². The minimum atomic E-state index is -0.399. The van der Waals surface area contributed by atoms with Crippen molar-refractivity contribution in [3.63, 3.8) is 0 Å². The maximum absolute atomic E-state index is 11.3. The van der Waals surface area contributed by atoms with Crippen LogP contribution >= 0.6 is 15.9 Å². The molecule has 2 aromatic heterocycles. The number of ether oxygens (including phenoxy) is 1. The van der Waals surface area contributed by atoms with Gasteiger partial charge in [0.2, 0.25) is 0 Å². The molecule has 4 nitrogen and oxygen atoms in total. The summed E-state index contributed by atoms with van der Waals surface area (Å²) in [5, 5.41) is 0.